The average molecular weight is 436 g/mol. The molecule has 10 heteroatoms. The van der Waals surface area contributed by atoms with Gasteiger partial charge in [-0.05, 0) is 30.7 Å². The minimum absolute atomic E-state index is 0.0861. The molecule has 0 aliphatic carbocycles. The number of aryl methyl sites for hydroxylation is 1. The number of halogens is 5. The Morgan fingerprint density at radius 2 is 1.93 bits per heavy atom. The number of alkyl halides is 3. The Kier molecular flexibility index (Phi) is 5.46. The van der Waals surface area contributed by atoms with E-state index < -0.39 is 28.1 Å². The van der Waals surface area contributed by atoms with Crippen molar-refractivity contribution in [3.63, 3.8) is 0 Å². The van der Waals surface area contributed by atoms with Crippen molar-refractivity contribution >= 4 is 57.7 Å². The lowest BCUT2D eigenvalue weighted by Crippen LogP contribution is -2.21. The summed E-state index contributed by atoms with van der Waals surface area (Å²) in [6.45, 7) is 1.22. The second-order valence-electron chi connectivity index (χ2n) is 5.63. The Hall–Kier alpha value is -2.09. The Morgan fingerprint density at radius 1 is 1.26 bits per heavy atom. The molecule has 0 atom stereocenters. The van der Waals surface area contributed by atoms with E-state index in [9.17, 15) is 13.6 Å². The molecule has 0 saturated heterocycles. The van der Waals surface area contributed by atoms with Gasteiger partial charge < -0.3 is 9.26 Å². The predicted octanol–water partition coefficient (Wildman–Crippen LogP) is 6.00. The van der Waals surface area contributed by atoms with Gasteiger partial charge in [0.15, 0.2) is 11.4 Å². The highest BCUT2D eigenvalue weighted by atomic mass is 35.6. The van der Waals surface area contributed by atoms with Gasteiger partial charge in [0.1, 0.15) is 18.2 Å². The lowest BCUT2D eigenvalue weighted by Gasteiger charge is -2.12. The van der Waals surface area contributed by atoms with Gasteiger partial charge in [0.25, 0.3) is 0 Å². The smallest absolute Gasteiger partial charge is 0.413 e. The first-order chi connectivity index (χ1) is 12.7. The number of anilines is 1. The largest absolute Gasteiger partial charge is 0.445 e. The third-order valence-corrected chi connectivity index (χ3v) is 3.87. The summed E-state index contributed by atoms with van der Waals surface area (Å²) in [6.07, 6.45) is -0.975. The number of carbonyl (C=O) groups is 1. The molecular weight excluding hydrogens is 425 g/mol. The molecular formula is C17H11Cl3F2N2O3. The molecule has 1 amide bonds. The maximum atomic E-state index is 14.3. The summed E-state index contributed by atoms with van der Waals surface area (Å²) in [5, 5.41) is 6.26. The van der Waals surface area contributed by atoms with Crippen LogP contribution in [0.2, 0.25) is 0 Å². The van der Waals surface area contributed by atoms with Gasteiger partial charge in [-0.2, -0.15) is 0 Å². The normalized spacial score (nSPS) is 11.6. The van der Waals surface area contributed by atoms with Gasteiger partial charge in [0.2, 0.25) is 3.79 Å². The maximum absolute atomic E-state index is 14.3. The van der Waals surface area contributed by atoms with Crippen LogP contribution in [-0.2, 0) is 4.74 Å². The number of fused-ring (bicyclic) bond motifs is 1. The van der Waals surface area contributed by atoms with E-state index in [1.54, 1.807) is 19.1 Å². The van der Waals surface area contributed by atoms with Gasteiger partial charge in [0, 0.05) is 5.56 Å². The molecule has 0 fully saturated rings. The Morgan fingerprint density at radius 3 is 2.56 bits per heavy atom. The van der Waals surface area contributed by atoms with Crippen LogP contribution in [0.15, 0.2) is 34.9 Å². The number of benzene rings is 2. The van der Waals surface area contributed by atoms with Crippen LogP contribution >= 0.6 is 34.8 Å². The molecule has 142 valence electrons. The van der Waals surface area contributed by atoms with Crippen LogP contribution in [0.4, 0.5) is 19.4 Å². The fourth-order valence-electron chi connectivity index (χ4n) is 2.53. The van der Waals surface area contributed by atoms with Crippen LogP contribution in [0.5, 0.6) is 0 Å². The molecule has 1 N–H and O–H groups in total. The van der Waals surface area contributed by atoms with Crippen LogP contribution in [-0.4, -0.2) is 21.6 Å². The van der Waals surface area contributed by atoms with Crippen molar-refractivity contribution in [2.45, 2.75) is 10.7 Å². The van der Waals surface area contributed by atoms with E-state index in [0.717, 1.165) is 12.1 Å². The summed E-state index contributed by atoms with van der Waals surface area (Å²) in [5.41, 5.74) is 0.802. The lowest BCUT2D eigenvalue weighted by molar-refractivity contribution is 0.163. The highest BCUT2D eigenvalue weighted by Gasteiger charge is 2.24. The number of nitrogens with one attached hydrogen (secondary N) is 1. The number of carbonyl (C=O) groups excluding carboxylic acids is 1. The van der Waals surface area contributed by atoms with Crippen LogP contribution < -0.4 is 5.32 Å². The van der Waals surface area contributed by atoms with Gasteiger partial charge in [-0.1, -0.05) is 52.1 Å². The molecule has 1 aromatic heterocycles. The van der Waals surface area contributed by atoms with Gasteiger partial charge >= 0.3 is 6.09 Å². The van der Waals surface area contributed by atoms with E-state index in [1.807, 2.05) is 0 Å². The number of nitrogens with zero attached hydrogens (tertiary/aromatic N) is 1. The SMILES string of the molecule is Cc1cc(-c2c(F)cccc2F)c2c(NC(=O)OCC(Cl)(Cl)Cl)noc2c1. The summed E-state index contributed by atoms with van der Waals surface area (Å²) in [5.74, 6) is -1.63. The molecule has 0 radical (unpaired) electrons. The first kappa shape index (κ1) is 19.7. The number of ether oxygens (including phenoxy) is 1. The van der Waals surface area contributed by atoms with E-state index in [-0.39, 0.29) is 27.9 Å². The Bertz CT molecular complexity index is 998. The average Bonchev–Trinajstić information content (AvgIpc) is 2.94. The van der Waals surface area contributed by atoms with Crippen molar-refractivity contribution in [3.05, 3.63) is 47.5 Å². The molecule has 1 heterocycles. The zero-order chi connectivity index (χ0) is 19.8. The molecule has 0 aliphatic heterocycles. The first-order valence-corrected chi connectivity index (χ1v) is 8.64. The fourth-order valence-corrected chi connectivity index (χ4v) is 2.69. The van der Waals surface area contributed by atoms with Crippen molar-refractivity contribution in [1.29, 1.82) is 0 Å². The Labute approximate surface area is 167 Å². The van der Waals surface area contributed by atoms with E-state index in [0.29, 0.717) is 5.56 Å². The fraction of sp³-hybridized carbons (Fsp3) is 0.176. The van der Waals surface area contributed by atoms with Crippen molar-refractivity contribution < 1.29 is 22.8 Å². The first-order valence-electron chi connectivity index (χ1n) is 7.50. The zero-order valence-corrected chi connectivity index (χ0v) is 15.9. The van der Waals surface area contributed by atoms with Crippen LogP contribution in [0.25, 0.3) is 22.1 Å². The second-order valence-corrected chi connectivity index (χ2v) is 8.15. The van der Waals surface area contributed by atoms with Crippen molar-refractivity contribution in [3.8, 4) is 11.1 Å². The van der Waals surface area contributed by atoms with Crippen molar-refractivity contribution in [2.24, 2.45) is 0 Å². The van der Waals surface area contributed by atoms with E-state index >= 15 is 0 Å². The lowest BCUT2D eigenvalue weighted by atomic mass is 9.98. The van der Waals surface area contributed by atoms with E-state index in [4.69, 9.17) is 44.1 Å². The zero-order valence-electron chi connectivity index (χ0n) is 13.7. The van der Waals surface area contributed by atoms with Crippen molar-refractivity contribution in [2.75, 3.05) is 11.9 Å². The van der Waals surface area contributed by atoms with Crippen LogP contribution in [0, 0.1) is 18.6 Å². The molecule has 3 rings (SSSR count). The molecule has 2 aromatic carbocycles. The summed E-state index contributed by atoms with van der Waals surface area (Å²) < 4.78 is 36.8. The van der Waals surface area contributed by atoms with E-state index in [1.165, 1.54) is 6.07 Å². The molecule has 3 aromatic rings. The molecule has 0 unspecified atom stereocenters. The third-order valence-electron chi connectivity index (χ3n) is 3.54. The topological polar surface area (TPSA) is 64.4 Å². The molecule has 0 saturated carbocycles. The van der Waals surface area contributed by atoms with Crippen LogP contribution in [0.3, 0.4) is 0 Å². The second kappa shape index (κ2) is 7.50. The minimum Gasteiger partial charge on any atom is -0.445 e. The third kappa shape index (κ3) is 4.43. The predicted molar refractivity (Wildman–Crippen MR) is 99.4 cm³/mol. The number of hydrogen-bond acceptors (Lipinski definition) is 4. The number of aromatic nitrogens is 1. The minimum atomic E-state index is -1.79. The Balaban J connectivity index is 2.05. The molecule has 5 nitrogen and oxygen atoms in total. The molecule has 0 bridgehead atoms. The van der Waals surface area contributed by atoms with E-state index in [2.05, 4.69) is 10.5 Å². The highest BCUT2D eigenvalue weighted by molar-refractivity contribution is 6.67. The monoisotopic (exact) mass is 434 g/mol. The highest BCUT2D eigenvalue weighted by Crippen LogP contribution is 2.37. The standard InChI is InChI=1S/C17H11Cl3F2N2O3/c1-8-5-9(13-10(21)3-2-4-11(13)22)14-12(6-8)27-24-15(14)23-16(25)26-7-17(18,19)20/h2-6H,7H2,1H3,(H,23,24,25). The number of hydrogen-bond donors (Lipinski definition) is 1. The number of rotatable bonds is 3. The maximum Gasteiger partial charge on any atom is 0.413 e. The summed E-state index contributed by atoms with van der Waals surface area (Å²) in [6, 6.07) is 6.67. The van der Waals surface area contributed by atoms with Gasteiger partial charge in [-0.15, -0.1) is 0 Å². The molecule has 0 aliphatic rings. The van der Waals surface area contributed by atoms with Gasteiger partial charge in [-0.25, -0.2) is 13.6 Å². The summed E-state index contributed by atoms with van der Waals surface area (Å²) in [4.78, 5) is 11.9. The summed E-state index contributed by atoms with van der Waals surface area (Å²) >= 11 is 16.6. The summed E-state index contributed by atoms with van der Waals surface area (Å²) in [7, 11) is 0. The van der Waals surface area contributed by atoms with Gasteiger partial charge in [-0.3, -0.25) is 5.32 Å². The van der Waals surface area contributed by atoms with Gasteiger partial charge in [0.05, 0.1) is 10.9 Å². The molecule has 0 spiro atoms. The molecule has 27 heavy (non-hydrogen) atoms. The van der Waals surface area contributed by atoms with Crippen molar-refractivity contribution in [1.82, 2.24) is 5.16 Å². The number of amides is 1. The quantitative estimate of drug-likeness (QED) is 0.512. The van der Waals surface area contributed by atoms with Crippen LogP contribution in [0.1, 0.15) is 5.56 Å².